The third-order valence-corrected chi connectivity index (χ3v) is 4.26. The number of anilines is 1. The van der Waals surface area contributed by atoms with Crippen LogP contribution in [-0.2, 0) is 11.2 Å². The van der Waals surface area contributed by atoms with E-state index in [-0.39, 0.29) is 5.91 Å². The third kappa shape index (κ3) is 2.65. The van der Waals surface area contributed by atoms with Crippen molar-refractivity contribution >= 4 is 11.6 Å². The van der Waals surface area contributed by atoms with Crippen LogP contribution in [0, 0.1) is 0 Å². The summed E-state index contributed by atoms with van der Waals surface area (Å²) >= 11 is 0. The summed E-state index contributed by atoms with van der Waals surface area (Å²) in [6, 6.07) is 6.45. The molecule has 0 radical (unpaired) electrons. The van der Waals surface area contributed by atoms with Crippen LogP contribution in [0.4, 0.5) is 5.69 Å². The van der Waals surface area contributed by atoms with Crippen molar-refractivity contribution in [3.8, 4) is 0 Å². The number of nitrogens with zero attached hydrogens (tertiary/aromatic N) is 1. The molecule has 4 nitrogen and oxygen atoms in total. The van der Waals surface area contributed by atoms with Gasteiger partial charge < -0.3 is 16.0 Å². The van der Waals surface area contributed by atoms with E-state index in [1.54, 1.807) is 0 Å². The standard InChI is InChI=1S/C15H21N3O/c16-5-8-18-6-3-11(4-7-18)12-1-2-14-13(9-12)10-15(19)17-14/h1-2,9,11H,3-8,10,16H2,(H,17,19). The Morgan fingerprint density at radius 1 is 1.32 bits per heavy atom. The highest BCUT2D eigenvalue weighted by Gasteiger charge is 2.23. The molecule has 0 spiro atoms. The highest BCUT2D eigenvalue weighted by atomic mass is 16.1. The number of nitrogens with one attached hydrogen (secondary N) is 1. The molecule has 0 bridgehead atoms. The van der Waals surface area contributed by atoms with Gasteiger partial charge in [-0.25, -0.2) is 0 Å². The van der Waals surface area contributed by atoms with Gasteiger partial charge in [-0.3, -0.25) is 4.79 Å². The second-order valence-corrected chi connectivity index (χ2v) is 5.55. The Balaban J connectivity index is 1.68. The van der Waals surface area contributed by atoms with Gasteiger partial charge in [-0.2, -0.15) is 0 Å². The zero-order valence-corrected chi connectivity index (χ0v) is 11.2. The molecule has 1 saturated heterocycles. The number of amides is 1. The molecular formula is C15H21N3O. The van der Waals surface area contributed by atoms with E-state index >= 15 is 0 Å². The molecule has 0 aliphatic carbocycles. The zero-order valence-electron chi connectivity index (χ0n) is 11.2. The Morgan fingerprint density at radius 2 is 2.11 bits per heavy atom. The number of nitrogens with two attached hydrogens (primary N) is 1. The van der Waals surface area contributed by atoms with E-state index in [4.69, 9.17) is 5.73 Å². The first-order valence-corrected chi connectivity index (χ1v) is 7.11. The van der Waals surface area contributed by atoms with Crippen LogP contribution < -0.4 is 11.1 Å². The molecule has 3 rings (SSSR count). The molecule has 3 N–H and O–H groups in total. The predicted octanol–water partition coefficient (Wildman–Crippen LogP) is 1.32. The number of carbonyl (C=O) groups is 1. The maximum absolute atomic E-state index is 11.4. The number of carbonyl (C=O) groups excluding carboxylic acids is 1. The van der Waals surface area contributed by atoms with Gasteiger partial charge in [-0.05, 0) is 49.0 Å². The van der Waals surface area contributed by atoms with Crippen LogP contribution in [0.1, 0.15) is 29.9 Å². The highest BCUT2D eigenvalue weighted by Crippen LogP contribution is 2.32. The zero-order chi connectivity index (χ0) is 13.2. The van der Waals surface area contributed by atoms with Gasteiger partial charge in [0.25, 0.3) is 0 Å². The van der Waals surface area contributed by atoms with Gasteiger partial charge in [0.1, 0.15) is 0 Å². The minimum atomic E-state index is 0.116. The fraction of sp³-hybridized carbons (Fsp3) is 0.533. The van der Waals surface area contributed by atoms with Crippen LogP contribution in [0.2, 0.25) is 0 Å². The maximum atomic E-state index is 11.4. The van der Waals surface area contributed by atoms with Crippen LogP contribution in [0.5, 0.6) is 0 Å². The van der Waals surface area contributed by atoms with E-state index in [1.165, 1.54) is 18.4 Å². The van der Waals surface area contributed by atoms with Crippen molar-refractivity contribution in [2.75, 3.05) is 31.5 Å². The van der Waals surface area contributed by atoms with Crippen LogP contribution >= 0.6 is 0 Å². The lowest BCUT2D eigenvalue weighted by Crippen LogP contribution is -2.36. The molecule has 2 heterocycles. The molecule has 1 fully saturated rings. The first-order chi connectivity index (χ1) is 9.26. The minimum absolute atomic E-state index is 0.116. The highest BCUT2D eigenvalue weighted by molar-refractivity contribution is 5.99. The topological polar surface area (TPSA) is 58.4 Å². The number of benzene rings is 1. The number of likely N-dealkylation sites (tertiary alicyclic amines) is 1. The number of hydrogen-bond acceptors (Lipinski definition) is 3. The number of fused-ring (bicyclic) bond motifs is 1. The van der Waals surface area contributed by atoms with E-state index in [2.05, 4.69) is 28.4 Å². The van der Waals surface area contributed by atoms with Gasteiger partial charge in [0.2, 0.25) is 5.91 Å². The van der Waals surface area contributed by atoms with Gasteiger partial charge in [-0.15, -0.1) is 0 Å². The lowest BCUT2D eigenvalue weighted by atomic mass is 9.88. The summed E-state index contributed by atoms with van der Waals surface area (Å²) in [6.07, 6.45) is 2.93. The monoisotopic (exact) mass is 259 g/mol. The van der Waals surface area contributed by atoms with Crippen molar-refractivity contribution in [1.29, 1.82) is 0 Å². The first kappa shape index (κ1) is 12.6. The van der Waals surface area contributed by atoms with Crippen molar-refractivity contribution < 1.29 is 4.79 Å². The predicted molar refractivity (Wildman–Crippen MR) is 76.2 cm³/mol. The molecule has 19 heavy (non-hydrogen) atoms. The largest absolute Gasteiger partial charge is 0.329 e. The second kappa shape index (κ2) is 5.31. The molecule has 0 saturated carbocycles. The lowest BCUT2D eigenvalue weighted by molar-refractivity contribution is -0.115. The molecule has 0 aromatic heterocycles. The van der Waals surface area contributed by atoms with Crippen LogP contribution in [0.15, 0.2) is 18.2 Å². The molecule has 0 unspecified atom stereocenters. The van der Waals surface area contributed by atoms with Crippen molar-refractivity contribution in [3.05, 3.63) is 29.3 Å². The summed E-state index contributed by atoms with van der Waals surface area (Å²) in [6.45, 7) is 4.03. The minimum Gasteiger partial charge on any atom is -0.329 e. The van der Waals surface area contributed by atoms with E-state index in [1.807, 2.05) is 0 Å². The molecule has 1 aromatic carbocycles. The maximum Gasteiger partial charge on any atom is 0.228 e. The summed E-state index contributed by atoms with van der Waals surface area (Å²) < 4.78 is 0. The average molecular weight is 259 g/mol. The molecule has 1 aromatic rings. The molecule has 2 aliphatic heterocycles. The second-order valence-electron chi connectivity index (χ2n) is 5.55. The van der Waals surface area contributed by atoms with Crippen molar-refractivity contribution in [2.45, 2.75) is 25.2 Å². The summed E-state index contributed by atoms with van der Waals surface area (Å²) in [5.74, 6) is 0.750. The number of rotatable bonds is 3. The van der Waals surface area contributed by atoms with Crippen LogP contribution in [0.25, 0.3) is 0 Å². The van der Waals surface area contributed by atoms with Crippen LogP contribution in [-0.4, -0.2) is 37.0 Å². The molecule has 0 atom stereocenters. The van der Waals surface area contributed by atoms with Gasteiger partial charge in [0, 0.05) is 18.8 Å². The molecule has 4 heteroatoms. The molecule has 2 aliphatic rings. The summed E-state index contributed by atoms with van der Waals surface area (Å²) in [7, 11) is 0. The summed E-state index contributed by atoms with van der Waals surface area (Å²) in [5, 5.41) is 2.89. The Labute approximate surface area is 114 Å². The van der Waals surface area contributed by atoms with Crippen molar-refractivity contribution in [3.63, 3.8) is 0 Å². The first-order valence-electron chi connectivity index (χ1n) is 7.11. The van der Waals surface area contributed by atoms with E-state index in [0.717, 1.165) is 37.4 Å². The lowest BCUT2D eigenvalue weighted by Gasteiger charge is -2.32. The third-order valence-electron chi connectivity index (χ3n) is 4.26. The fourth-order valence-corrected chi connectivity index (χ4v) is 3.18. The quantitative estimate of drug-likeness (QED) is 0.860. The fourth-order valence-electron chi connectivity index (χ4n) is 3.18. The number of hydrogen-bond donors (Lipinski definition) is 2. The smallest absolute Gasteiger partial charge is 0.228 e. The van der Waals surface area contributed by atoms with E-state index < -0.39 is 0 Å². The molecular weight excluding hydrogens is 238 g/mol. The summed E-state index contributed by atoms with van der Waals surface area (Å²) in [5.41, 5.74) is 9.14. The Kier molecular flexibility index (Phi) is 3.53. The number of piperidine rings is 1. The summed E-state index contributed by atoms with van der Waals surface area (Å²) in [4.78, 5) is 13.8. The molecule has 102 valence electrons. The Morgan fingerprint density at radius 3 is 2.84 bits per heavy atom. The van der Waals surface area contributed by atoms with Crippen molar-refractivity contribution in [1.82, 2.24) is 4.90 Å². The SMILES string of the molecule is NCCN1CCC(c2ccc3c(c2)CC(=O)N3)CC1. The Hall–Kier alpha value is -1.39. The van der Waals surface area contributed by atoms with Gasteiger partial charge in [0.05, 0.1) is 6.42 Å². The molecule has 1 amide bonds. The van der Waals surface area contributed by atoms with Crippen LogP contribution in [0.3, 0.4) is 0 Å². The van der Waals surface area contributed by atoms with Crippen molar-refractivity contribution in [2.24, 2.45) is 5.73 Å². The van der Waals surface area contributed by atoms with Gasteiger partial charge in [-0.1, -0.05) is 12.1 Å². The van der Waals surface area contributed by atoms with E-state index in [9.17, 15) is 4.79 Å². The average Bonchev–Trinajstić information content (AvgIpc) is 2.79. The van der Waals surface area contributed by atoms with E-state index in [0.29, 0.717) is 12.3 Å². The Bertz CT molecular complexity index is 478. The normalized spacial score (nSPS) is 20.4. The van der Waals surface area contributed by atoms with Gasteiger partial charge in [0.15, 0.2) is 0 Å². The van der Waals surface area contributed by atoms with Gasteiger partial charge >= 0.3 is 0 Å².